The number of carbonyl (C=O) groups excluding carboxylic acids is 1. The summed E-state index contributed by atoms with van der Waals surface area (Å²) >= 11 is 0. The molecular weight excluding hydrogens is 236 g/mol. The van der Waals surface area contributed by atoms with E-state index in [9.17, 15) is 4.79 Å². The van der Waals surface area contributed by atoms with Gasteiger partial charge in [-0.25, -0.2) is 0 Å². The third kappa shape index (κ3) is 2.64. The number of primary amides is 1. The fourth-order valence-corrected chi connectivity index (χ4v) is 1.46. The molecule has 5 N–H and O–H groups in total. The average molecular weight is 248 g/mol. The van der Waals surface area contributed by atoms with Gasteiger partial charge in [-0.1, -0.05) is 17.3 Å². The molecule has 1 heterocycles. The van der Waals surface area contributed by atoms with Crippen molar-refractivity contribution in [1.82, 2.24) is 10.1 Å². The first-order valence-electron chi connectivity index (χ1n) is 5.23. The maximum Gasteiger partial charge on any atom is 0.290 e. The van der Waals surface area contributed by atoms with Crippen LogP contribution in [0, 0.1) is 0 Å². The number of aromatic hydroxyl groups is 1. The van der Waals surface area contributed by atoms with Gasteiger partial charge >= 0.3 is 0 Å². The SMILES string of the molecule is NC(=O)c1noc([C@@H](N)Cc2ccc(O)cc2)n1. The minimum atomic E-state index is -0.762. The molecule has 0 saturated heterocycles. The van der Waals surface area contributed by atoms with E-state index in [4.69, 9.17) is 21.1 Å². The Morgan fingerprint density at radius 3 is 2.61 bits per heavy atom. The zero-order valence-electron chi connectivity index (χ0n) is 9.41. The Balaban J connectivity index is 2.09. The maximum atomic E-state index is 10.8. The van der Waals surface area contributed by atoms with Gasteiger partial charge in [-0.2, -0.15) is 4.98 Å². The third-order valence-corrected chi connectivity index (χ3v) is 2.37. The summed E-state index contributed by atoms with van der Waals surface area (Å²) in [5.74, 6) is -0.619. The number of rotatable bonds is 4. The summed E-state index contributed by atoms with van der Waals surface area (Å²) in [7, 11) is 0. The normalized spacial score (nSPS) is 12.3. The number of carbonyl (C=O) groups is 1. The number of amides is 1. The Kier molecular flexibility index (Phi) is 3.24. The van der Waals surface area contributed by atoms with Gasteiger partial charge in [0.05, 0.1) is 6.04 Å². The summed E-state index contributed by atoms with van der Waals surface area (Å²) in [6.07, 6.45) is 0.445. The van der Waals surface area contributed by atoms with E-state index in [-0.39, 0.29) is 17.5 Å². The van der Waals surface area contributed by atoms with Crippen LogP contribution in [0.2, 0.25) is 0 Å². The van der Waals surface area contributed by atoms with E-state index in [0.29, 0.717) is 6.42 Å². The van der Waals surface area contributed by atoms with Crippen LogP contribution in [0.5, 0.6) is 5.75 Å². The topological polar surface area (TPSA) is 128 Å². The molecule has 7 nitrogen and oxygen atoms in total. The average Bonchev–Trinajstić information content (AvgIpc) is 2.81. The number of nitrogens with zero attached hydrogens (tertiary/aromatic N) is 2. The van der Waals surface area contributed by atoms with Gasteiger partial charge < -0.3 is 21.1 Å². The second-order valence-corrected chi connectivity index (χ2v) is 3.80. The minimum absolute atomic E-state index is 0.150. The van der Waals surface area contributed by atoms with E-state index in [0.717, 1.165) is 5.56 Å². The molecule has 7 heteroatoms. The van der Waals surface area contributed by atoms with E-state index in [2.05, 4.69) is 10.1 Å². The number of phenolic OH excluding ortho intramolecular Hbond substituents is 1. The highest BCUT2D eigenvalue weighted by Crippen LogP contribution is 2.16. The Labute approximate surface area is 102 Å². The molecule has 94 valence electrons. The van der Waals surface area contributed by atoms with E-state index in [1.165, 1.54) is 0 Å². The summed E-state index contributed by atoms with van der Waals surface area (Å²) in [5.41, 5.74) is 11.8. The highest BCUT2D eigenvalue weighted by atomic mass is 16.5. The molecule has 1 atom stereocenters. The highest BCUT2D eigenvalue weighted by molar-refractivity contribution is 5.88. The van der Waals surface area contributed by atoms with Crippen LogP contribution in [0.4, 0.5) is 0 Å². The highest BCUT2D eigenvalue weighted by Gasteiger charge is 2.17. The smallest absolute Gasteiger partial charge is 0.290 e. The van der Waals surface area contributed by atoms with Crippen LogP contribution in [0.3, 0.4) is 0 Å². The molecule has 0 aliphatic heterocycles. The molecule has 0 bridgehead atoms. The number of hydrogen-bond donors (Lipinski definition) is 3. The van der Waals surface area contributed by atoms with Crippen molar-refractivity contribution in [3.63, 3.8) is 0 Å². The van der Waals surface area contributed by atoms with Gasteiger partial charge in [-0.15, -0.1) is 0 Å². The van der Waals surface area contributed by atoms with E-state index < -0.39 is 11.9 Å². The quantitative estimate of drug-likeness (QED) is 0.704. The van der Waals surface area contributed by atoms with Crippen LogP contribution in [-0.2, 0) is 6.42 Å². The fourth-order valence-electron chi connectivity index (χ4n) is 1.46. The third-order valence-electron chi connectivity index (χ3n) is 2.37. The molecule has 1 amide bonds. The molecular formula is C11H12N4O3. The van der Waals surface area contributed by atoms with Gasteiger partial charge in [-0.05, 0) is 24.1 Å². The lowest BCUT2D eigenvalue weighted by Gasteiger charge is -2.06. The molecule has 2 rings (SSSR count). The number of hydrogen-bond acceptors (Lipinski definition) is 6. The zero-order chi connectivity index (χ0) is 13.1. The van der Waals surface area contributed by atoms with E-state index >= 15 is 0 Å². The molecule has 1 aromatic heterocycles. The lowest BCUT2D eigenvalue weighted by molar-refractivity contribution is 0.0987. The second kappa shape index (κ2) is 4.84. The Bertz CT molecular complexity index is 550. The predicted octanol–water partition coefficient (Wildman–Crippen LogP) is 0.117. The second-order valence-electron chi connectivity index (χ2n) is 3.80. The fraction of sp³-hybridized carbons (Fsp3) is 0.182. The lowest BCUT2D eigenvalue weighted by Crippen LogP contribution is -2.16. The maximum absolute atomic E-state index is 10.8. The van der Waals surface area contributed by atoms with Crippen molar-refractivity contribution in [2.75, 3.05) is 0 Å². The van der Waals surface area contributed by atoms with Gasteiger partial charge in [0.25, 0.3) is 11.7 Å². The summed E-state index contributed by atoms with van der Waals surface area (Å²) in [6, 6.07) is 6.06. The van der Waals surface area contributed by atoms with Gasteiger partial charge in [0, 0.05) is 0 Å². The molecule has 0 spiro atoms. The predicted molar refractivity (Wildman–Crippen MR) is 61.6 cm³/mol. The lowest BCUT2D eigenvalue weighted by atomic mass is 10.1. The number of nitrogens with two attached hydrogens (primary N) is 2. The molecule has 0 radical (unpaired) electrons. The van der Waals surface area contributed by atoms with Crippen molar-refractivity contribution in [3.8, 4) is 5.75 Å². The van der Waals surface area contributed by atoms with E-state index in [1.807, 2.05) is 0 Å². The number of phenols is 1. The standard InChI is InChI=1S/C11H12N4O3/c12-8(5-6-1-3-7(16)4-2-6)11-14-10(9(13)17)15-18-11/h1-4,8,16H,5,12H2,(H2,13,17)/t8-/m0/s1. The molecule has 1 aromatic carbocycles. The first kappa shape index (κ1) is 12.1. The van der Waals surface area contributed by atoms with Crippen LogP contribution < -0.4 is 11.5 Å². The first-order valence-corrected chi connectivity index (χ1v) is 5.23. The van der Waals surface area contributed by atoms with Gasteiger partial charge in [0.1, 0.15) is 5.75 Å². The minimum Gasteiger partial charge on any atom is -0.508 e. The largest absolute Gasteiger partial charge is 0.508 e. The molecule has 0 saturated carbocycles. The van der Waals surface area contributed by atoms with Crippen molar-refractivity contribution >= 4 is 5.91 Å². The monoisotopic (exact) mass is 248 g/mol. The van der Waals surface area contributed by atoms with Crippen molar-refractivity contribution in [2.24, 2.45) is 11.5 Å². The number of benzene rings is 1. The van der Waals surface area contributed by atoms with Crippen molar-refractivity contribution in [3.05, 3.63) is 41.5 Å². The molecule has 0 aliphatic carbocycles. The summed E-state index contributed by atoms with van der Waals surface area (Å²) in [6.45, 7) is 0. The molecule has 0 fully saturated rings. The Hall–Kier alpha value is -2.41. The molecule has 0 unspecified atom stereocenters. The first-order chi connectivity index (χ1) is 8.56. The molecule has 2 aromatic rings. The van der Waals surface area contributed by atoms with Crippen molar-refractivity contribution in [1.29, 1.82) is 0 Å². The van der Waals surface area contributed by atoms with Crippen molar-refractivity contribution in [2.45, 2.75) is 12.5 Å². The van der Waals surface area contributed by atoms with Gasteiger partial charge in [0.2, 0.25) is 5.89 Å². The van der Waals surface area contributed by atoms with Gasteiger partial charge in [-0.3, -0.25) is 4.79 Å². The van der Waals surface area contributed by atoms with Crippen LogP contribution in [0.1, 0.15) is 28.1 Å². The Morgan fingerprint density at radius 2 is 2.06 bits per heavy atom. The summed E-state index contributed by atoms with van der Waals surface area (Å²) < 4.78 is 4.85. The van der Waals surface area contributed by atoms with Crippen molar-refractivity contribution < 1.29 is 14.4 Å². The summed E-state index contributed by atoms with van der Waals surface area (Å²) in [4.78, 5) is 14.6. The Morgan fingerprint density at radius 1 is 1.39 bits per heavy atom. The molecule has 0 aliphatic rings. The zero-order valence-corrected chi connectivity index (χ0v) is 9.41. The van der Waals surface area contributed by atoms with Gasteiger partial charge in [0.15, 0.2) is 0 Å². The molecule has 18 heavy (non-hydrogen) atoms. The van der Waals surface area contributed by atoms with Crippen LogP contribution >= 0.6 is 0 Å². The van der Waals surface area contributed by atoms with Crippen LogP contribution in [0.15, 0.2) is 28.8 Å². The van der Waals surface area contributed by atoms with Crippen LogP contribution in [-0.4, -0.2) is 21.2 Å². The van der Waals surface area contributed by atoms with Crippen LogP contribution in [0.25, 0.3) is 0 Å². The number of aromatic nitrogens is 2. The summed E-state index contributed by atoms with van der Waals surface area (Å²) in [5, 5.41) is 12.6. The van der Waals surface area contributed by atoms with E-state index in [1.54, 1.807) is 24.3 Å².